The summed E-state index contributed by atoms with van der Waals surface area (Å²) in [6.07, 6.45) is 1.55. The van der Waals surface area contributed by atoms with E-state index < -0.39 is 15.8 Å². The van der Waals surface area contributed by atoms with Crippen molar-refractivity contribution in [2.45, 2.75) is 12.8 Å². The van der Waals surface area contributed by atoms with E-state index in [1.54, 1.807) is 24.3 Å². The van der Waals surface area contributed by atoms with E-state index in [1.807, 2.05) is 0 Å². The highest BCUT2D eigenvalue weighted by Crippen LogP contribution is 2.22. The third-order valence-corrected chi connectivity index (χ3v) is 5.30. The van der Waals surface area contributed by atoms with Crippen LogP contribution in [0.15, 0.2) is 48.5 Å². The summed E-state index contributed by atoms with van der Waals surface area (Å²) in [5, 5.41) is 3.20. The minimum atomic E-state index is -3.54. The molecule has 0 aromatic heterocycles. The maximum absolute atomic E-state index is 13.0. The van der Waals surface area contributed by atoms with Crippen molar-refractivity contribution in [1.82, 2.24) is 5.32 Å². The first-order chi connectivity index (χ1) is 13.3. The van der Waals surface area contributed by atoms with Gasteiger partial charge in [0.1, 0.15) is 18.2 Å². The van der Waals surface area contributed by atoms with Crippen LogP contribution in [0.4, 0.5) is 10.1 Å². The molecule has 0 radical (unpaired) electrons. The van der Waals surface area contributed by atoms with Crippen molar-refractivity contribution in [1.29, 1.82) is 0 Å². The maximum atomic E-state index is 13.0. The number of halogens is 2. The first-order valence-electron chi connectivity index (χ1n) is 8.64. The van der Waals surface area contributed by atoms with E-state index in [-0.39, 0.29) is 25.5 Å². The van der Waals surface area contributed by atoms with E-state index in [0.717, 1.165) is 10.6 Å². The lowest BCUT2D eigenvalue weighted by Gasteiger charge is -2.22. The molecule has 1 amide bonds. The van der Waals surface area contributed by atoms with Gasteiger partial charge >= 0.3 is 0 Å². The summed E-state index contributed by atoms with van der Waals surface area (Å²) in [4.78, 5) is 11.9. The highest BCUT2D eigenvalue weighted by molar-refractivity contribution is 7.92. The van der Waals surface area contributed by atoms with Crippen molar-refractivity contribution in [2.75, 3.05) is 30.3 Å². The lowest BCUT2D eigenvalue weighted by molar-refractivity contribution is -0.121. The lowest BCUT2D eigenvalue weighted by atomic mass is 10.2. The van der Waals surface area contributed by atoms with Gasteiger partial charge in [-0.1, -0.05) is 23.7 Å². The monoisotopic (exact) mass is 428 g/mol. The van der Waals surface area contributed by atoms with Crippen molar-refractivity contribution >= 4 is 33.2 Å². The molecule has 0 bridgehead atoms. The van der Waals surface area contributed by atoms with Crippen molar-refractivity contribution in [3.8, 4) is 5.75 Å². The zero-order chi connectivity index (χ0) is 20.6. The van der Waals surface area contributed by atoms with Crippen LogP contribution in [0, 0.1) is 5.82 Å². The Balaban J connectivity index is 1.75. The smallest absolute Gasteiger partial charge is 0.232 e. The number of rotatable bonds is 10. The minimum Gasteiger partial charge on any atom is -0.490 e. The van der Waals surface area contributed by atoms with Gasteiger partial charge in [-0.25, -0.2) is 12.8 Å². The van der Waals surface area contributed by atoms with Crippen LogP contribution in [0.5, 0.6) is 5.75 Å². The van der Waals surface area contributed by atoms with E-state index in [1.165, 1.54) is 24.3 Å². The number of benzene rings is 2. The van der Waals surface area contributed by atoms with Gasteiger partial charge < -0.3 is 10.1 Å². The predicted octanol–water partition coefficient (Wildman–Crippen LogP) is 3.22. The number of ether oxygens (including phenoxy) is 1. The van der Waals surface area contributed by atoms with Crippen molar-refractivity contribution in [2.24, 2.45) is 0 Å². The van der Waals surface area contributed by atoms with Crippen molar-refractivity contribution in [3.63, 3.8) is 0 Å². The average molecular weight is 429 g/mol. The molecule has 6 nitrogen and oxygen atoms in total. The Bertz CT molecular complexity index is 891. The molecule has 0 aliphatic heterocycles. The number of para-hydroxylation sites is 1. The van der Waals surface area contributed by atoms with Gasteiger partial charge in [0.2, 0.25) is 15.9 Å². The molecule has 2 aromatic rings. The molecule has 0 saturated heterocycles. The Morgan fingerprint density at radius 1 is 1.18 bits per heavy atom. The Hall–Kier alpha value is -2.32. The topological polar surface area (TPSA) is 75.7 Å². The largest absolute Gasteiger partial charge is 0.490 e. The number of carbonyl (C=O) groups is 1. The number of anilines is 1. The maximum Gasteiger partial charge on any atom is 0.232 e. The van der Waals surface area contributed by atoms with E-state index in [4.69, 9.17) is 16.3 Å². The quantitative estimate of drug-likeness (QED) is 0.589. The molecule has 0 saturated carbocycles. The molecule has 0 heterocycles. The standard InChI is InChI=1S/C19H22ClFN2O4S/c1-28(25,26)23(16-10-8-15(21)9-11-16)13-4-7-19(24)22-12-14-27-18-6-3-2-5-17(18)20/h2-3,5-6,8-11H,4,7,12-14H2,1H3,(H,22,24). The molecule has 9 heteroatoms. The van der Waals surface area contributed by atoms with Crippen LogP contribution in [0.25, 0.3) is 0 Å². The fraction of sp³-hybridized carbons (Fsp3) is 0.316. The van der Waals surface area contributed by atoms with Crippen LogP contribution in [0.3, 0.4) is 0 Å². The van der Waals surface area contributed by atoms with E-state index in [9.17, 15) is 17.6 Å². The highest BCUT2D eigenvalue weighted by Gasteiger charge is 2.17. The second kappa shape index (κ2) is 10.3. The summed E-state index contributed by atoms with van der Waals surface area (Å²) in [5.74, 6) is -0.118. The minimum absolute atomic E-state index is 0.119. The number of carbonyl (C=O) groups excluding carboxylic acids is 1. The molecule has 1 N–H and O–H groups in total. The molecule has 0 unspecified atom stereocenters. The molecule has 152 valence electrons. The first-order valence-corrected chi connectivity index (χ1v) is 10.9. The van der Waals surface area contributed by atoms with Crippen LogP contribution in [0.2, 0.25) is 5.02 Å². The van der Waals surface area contributed by atoms with Gasteiger partial charge in [-0.15, -0.1) is 0 Å². The number of sulfonamides is 1. The molecule has 0 aliphatic carbocycles. The molecular weight excluding hydrogens is 407 g/mol. The second-order valence-corrected chi connectivity index (χ2v) is 8.36. The first kappa shape index (κ1) is 22.0. The highest BCUT2D eigenvalue weighted by atomic mass is 35.5. The van der Waals surface area contributed by atoms with E-state index >= 15 is 0 Å². The summed E-state index contributed by atoms with van der Waals surface area (Å²) in [5.41, 5.74) is 0.359. The average Bonchev–Trinajstić information content (AvgIpc) is 2.64. The van der Waals surface area contributed by atoms with Gasteiger partial charge in [-0.3, -0.25) is 9.10 Å². The Kier molecular flexibility index (Phi) is 8.07. The van der Waals surface area contributed by atoms with Crippen LogP contribution >= 0.6 is 11.6 Å². The van der Waals surface area contributed by atoms with Crippen molar-refractivity contribution in [3.05, 3.63) is 59.4 Å². The third kappa shape index (κ3) is 7.01. The third-order valence-electron chi connectivity index (χ3n) is 3.80. The molecule has 2 rings (SSSR count). The lowest BCUT2D eigenvalue weighted by Crippen LogP contribution is -2.32. The second-order valence-electron chi connectivity index (χ2n) is 6.04. The number of hydrogen-bond donors (Lipinski definition) is 1. The Morgan fingerprint density at radius 2 is 1.86 bits per heavy atom. The zero-order valence-corrected chi connectivity index (χ0v) is 17.0. The van der Waals surface area contributed by atoms with Gasteiger partial charge in [0, 0.05) is 13.0 Å². The Labute approximate surface area is 169 Å². The summed E-state index contributed by atoms with van der Waals surface area (Å²) < 4.78 is 43.6. The Morgan fingerprint density at radius 3 is 2.50 bits per heavy atom. The van der Waals surface area contributed by atoms with E-state index in [2.05, 4.69) is 5.32 Å². The van der Waals surface area contributed by atoms with Gasteiger partial charge in [0.15, 0.2) is 0 Å². The fourth-order valence-corrected chi connectivity index (χ4v) is 3.63. The van der Waals surface area contributed by atoms with Crippen molar-refractivity contribution < 1.29 is 22.3 Å². The predicted molar refractivity (Wildman–Crippen MR) is 108 cm³/mol. The fourth-order valence-electron chi connectivity index (χ4n) is 2.48. The molecule has 0 atom stereocenters. The molecule has 0 aliphatic rings. The molecule has 2 aromatic carbocycles. The van der Waals surface area contributed by atoms with Gasteiger partial charge in [-0.2, -0.15) is 0 Å². The van der Waals surface area contributed by atoms with Gasteiger partial charge in [0.05, 0.1) is 23.5 Å². The van der Waals surface area contributed by atoms with Crippen LogP contribution in [-0.4, -0.2) is 40.3 Å². The number of nitrogens with zero attached hydrogens (tertiary/aromatic N) is 1. The summed E-state index contributed by atoms with van der Waals surface area (Å²) >= 11 is 5.97. The van der Waals surface area contributed by atoms with E-state index in [0.29, 0.717) is 29.4 Å². The summed E-state index contributed by atoms with van der Waals surface area (Å²) in [7, 11) is -3.54. The molecule has 0 fully saturated rings. The number of amides is 1. The molecule has 0 spiro atoms. The number of hydrogen-bond acceptors (Lipinski definition) is 4. The summed E-state index contributed by atoms with van der Waals surface area (Å²) in [6, 6.07) is 12.2. The van der Waals surface area contributed by atoms with Crippen LogP contribution in [-0.2, 0) is 14.8 Å². The molecule has 28 heavy (non-hydrogen) atoms. The van der Waals surface area contributed by atoms with Gasteiger partial charge in [-0.05, 0) is 42.8 Å². The number of nitrogens with one attached hydrogen (secondary N) is 1. The zero-order valence-electron chi connectivity index (χ0n) is 15.4. The SMILES string of the molecule is CS(=O)(=O)N(CCCC(=O)NCCOc1ccccc1Cl)c1ccc(F)cc1. The van der Waals surface area contributed by atoms with Crippen LogP contribution < -0.4 is 14.4 Å². The normalized spacial score (nSPS) is 11.1. The van der Waals surface area contributed by atoms with Gasteiger partial charge in [0.25, 0.3) is 0 Å². The summed E-state index contributed by atoms with van der Waals surface area (Å²) in [6.45, 7) is 0.687. The van der Waals surface area contributed by atoms with Crippen LogP contribution in [0.1, 0.15) is 12.8 Å². The molecular formula is C19H22ClFN2O4S.